The number of benzene rings is 1. The zero-order chi connectivity index (χ0) is 18.2. The van der Waals surface area contributed by atoms with Gasteiger partial charge in [0.2, 0.25) is 0 Å². The summed E-state index contributed by atoms with van der Waals surface area (Å²) in [5.41, 5.74) is 2.09. The van der Waals surface area contributed by atoms with Crippen molar-refractivity contribution < 1.29 is 4.74 Å². The summed E-state index contributed by atoms with van der Waals surface area (Å²) in [6.45, 7) is 7.45. The molecule has 1 N–H and O–H groups in total. The number of ether oxygens (including phenoxy) is 1. The quantitative estimate of drug-likeness (QED) is 0.641. The van der Waals surface area contributed by atoms with Crippen LogP contribution in [0.25, 0.3) is 0 Å². The maximum atomic E-state index is 5.97. The van der Waals surface area contributed by atoms with Gasteiger partial charge in [-0.15, -0.1) is 0 Å². The van der Waals surface area contributed by atoms with Crippen molar-refractivity contribution in [2.75, 3.05) is 6.54 Å². The lowest BCUT2D eigenvalue weighted by atomic mass is 10.1. The molecule has 0 bridgehead atoms. The van der Waals surface area contributed by atoms with Gasteiger partial charge in [-0.3, -0.25) is 4.98 Å². The van der Waals surface area contributed by atoms with E-state index >= 15 is 0 Å². The second-order valence-electron chi connectivity index (χ2n) is 6.58. The molecule has 0 aliphatic rings. The molecule has 0 amide bonds. The smallest absolute Gasteiger partial charge is 0.130 e. The van der Waals surface area contributed by atoms with E-state index in [4.69, 9.17) is 4.74 Å². The number of pyridine rings is 1. The second kappa shape index (κ2) is 9.15. The van der Waals surface area contributed by atoms with Crippen LogP contribution in [0.1, 0.15) is 24.0 Å². The predicted molar refractivity (Wildman–Crippen MR) is 103 cm³/mol. The number of rotatable bonds is 9. The monoisotopic (exact) mass is 350 g/mol. The van der Waals surface area contributed by atoms with Gasteiger partial charge in [0.25, 0.3) is 0 Å². The van der Waals surface area contributed by atoms with Crippen molar-refractivity contribution in [1.82, 2.24) is 19.9 Å². The molecule has 3 aromatic rings. The first-order valence-corrected chi connectivity index (χ1v) is 9.01. The molecule has 3 rings (SSSR count). The number of aryl methyl sites for hydroxylation is 1. The Morgan fingerprint density at radius 2 is 1.92 bits per heavy atom. The van der Waals surface area contributed by atoms with E-state index in [1.54, 1.807) is 6.20 Å². The van der Waals surface area contributed by atoms with Crippen LogP contribution in [0.4, 0.5) is 0 Å². The fourth-order valence-corrected chi connectivity index (χ4v) is 2.88. The summed E-state index contributed by atoms with van der Waals surface area (Å²) in [5.74, 6) is 2.48. The summed E-state index contributed by atoms with van der Waals surface area (Å²) in [6, 6.07) is 14.0. The van der Waals surface area contributed by atoms with Crippen LogP contribution < -0.4 is 10.1 Å². The number of imidazole rings is 1. The molecule has 5 nitrogen and oxygen atoms in total. The number of para-hydroxylation sites is 1. The van der Waals surface area contributed by atoms with Gasteiger partial charge < -0.3 is 14.6 Å². The van der Waals surface area contributed by atoms with Gasteiger partial charge in [0.1, 0.15) is 18.2 Å². The van der Waals surface area contributed by atoms with E-state index in [0.717, 1.165) is 42.5 Å². The third kappa shape index (κ3) is 5.17. The van der Waals surface area contributed by atoms with Crippen molar-refractivity contribution in [2.24, 2.45) is 5.92 Å². The van der Waals surface area contributed by atoms with Gasteiger partial charge >= 0.3 is 0 Å². The number of nitrogens with zero attached hydrogens (tertiary/aromatic N) is 3. The Morgan fingerprint density at radius 3 is 2.69 bits per heavy atom. The van der Waals surface area contributed by atoms with Crippen LogP contribution in [-0.4, -0.2) is 21.1 Å². The van der Waals surface area contributed by atoms with E-state index in [1.807, 2.05) is 55.7 Å². The number of hydrogen-bond donors (Lipinski definition) is 1. The molecule has 5 heteroatoms. The van der Waals surface area contributed by atoms with Gasteiger partial charge in [-0.1, -0.05) is 31.2 Å². The standard InChI is InChI=1S/C21H26N4O/c1-17(15-25-12-11-23-18(25)2)13-22-14-19-7-3-4-9-21(19)26-16-20-8-5-6-10-24-20/h3-12,17,22H,13-16H2,1-2H3. The molecule has 0 saturated carbocycles. The maximum Gasteiger partial charge on any atom is 0.130 e. The van der Waals surface area contributed by atoms with Crippen LogP contribution in [0.5, 0.6) is 5.75 Å². The average Bonchev–Trinajstić information content (AvgIpc) is 3.06. The Morgan fingerprint density at radius 1 is 1.08 bits per heavy atom. The van der Waals surface area contributed by atoms with Crippen LogP contribution in [0, 0.1) is 12.8 Å². The molecule has 1 aromatic carbocycles. The highest BCUT2D eigenvalue weighted by atomic mass is 16.5. The molecular formula is C21H26N4O. The van der Waals surface area contributed by atoms with E-state index < -0.39 is 0 Å². The van der Waals surface area contributed by atoms with Crippen molar-refractivity contribution in [2.45, 2.75) is 33.5 Å². The first kappa shape index (κ1) is 18.1. The summed E-state index contributed by atoms with van der Waals surface area (Å²) in [6.07, 6.45) is 5.67. The van der Waals surface area contributed by atoms with Crippen molar-refractivity contribution in [1.29, 1.82) is 0 Å². The van der Waals surface area contributed by atoms with Crippen molar-refractivity contribution in [3.8, 4) is 5.75 Å². The van der Waals surface area contributed by atoms with E-state index in [2.05, 4.69) is 32.8 Å². The largest absolute Gasteiger partial charge is 0.487 e. The van der Waals surface area contributed by atoms with Gasteiger partial charge in [-0.2, -0.15) is 0 Å². The van der Waals surface area contributed by atoms with Gasteiger partial charge in [0, 0.05) is 37.2 Å². The van der Waals surface area contributed by atoms with Crippen molar-refractivity contribution in [3.05, 3.63) is 78.1 Å². The fourth-order valence-electron chi connectivity index (χ4n) is 2.88. The molecule has 0 fully saturated rings. The summed E-state index contributed by atoms with van der Waals surface area (Å²) in [7, 11) is 0. The molecule has 26 heavy (non-hydrogen) atoms. The SMILES string of the molecule is Cc1nccn1CC(C)CNCc1ccccc1OCc1ccccn1. The fraction of sp³-hybridized carbons (Fsp3) is 0.333. The topological polar surface area (TPSA) is 52.0 Å². The molecule has 0 saturated heterocycles. The average molecular weight is 350 g/mol. The lowest BCUT2D eigenvalue weighted by Crippen LogP contribution is -2.24. The van der Waals surface area contributed by atoms with E-state index in [9.17, 15) is 0 Å². The van der Waals surface area contributed by atoms with E-state index in [1.165, 1.54) is 0 Å². The van der Waals surface area contributed by atoms with Gasteiger partial charge in [-0.25, -0.2) is 4.98 Å². The Kier molecular flexibility index (Phi) is 6.39. The molecule has 0 aliphatic carbocycles. The highest BCUT2D eigenvalue weighted by molar-refractivity contribution is 5.33. The minimum absolute atomic E-state index is 0.480. The lowest BCUT2D eigenvalue weighted by molar-refractivity contribution is 0.297. The lowest BCUT2D eigenvalue weighted by Gasteiger charge is -2.16. The van der Waals surface area contributed by atoms with E-state index in [0.29, 0.717) is 12.5 Å². The number of aromatic nitrogens is 3. The first-order valence-electron chi connectivity index (χ1n) is 9.01. The molecule has 2 heterocycles. The second-order valence-corrected chi connectivity index (χ2v) is 6.58. The molecule has 0 radical (unpaired) electrons. The van der Waals surface area contributed by atoms with Crippen molar-refractivity contribution >= 4 is 0 Å². The van der Waals surface area contributed by atoms with Crippen molar-refractivity contribution in [3.63, 3.8) is 0 Å². The molecule has 136 valence electrons. The van der Waals surface area contributed by atoms with Gasteiger partial charge in [0.15, 0.2) is 0 Å². The number of nitrogens with one attached hydrogen (secondary N) is 1. The van der Waals surface area contributed by atoms with Crippen LogP contribution in [0.2, 0.25) is 0 Å². The Bertz CT molecular complexity index is 801. The van der Waals surface area contributed by atoms with Gasteiger partial charge in [0.05, 0.1) is 5.69 Å². The molecule has 1 atom stereocenters. The Balaban J connectivity index is 1.49. The van der Waals surface area contributed by atoms with Crippen LogP contribution in [0.3, 0.4) is 0 Å². The number of hydrogen-bond acceptors (Lipinski definition) is 4. The summed E-state index contributed by atoms with van der Waals surface area (Å²) in [5, 5.41) is 3.54. The zero-order valence-electron chi connectivity index (χ0n) is 15.4. The minimum atomic E-state index is 0.480. The highest BCUT2D eigenvalue weighted by Crippen LogP contribution is 2.19. The molecule has 0 aliphatic heterocycles. The van der Waals surface area contributed by atoms with Crippen LogP contribution in [0.15, 0.2) is 61.1 Å². The molecular weight excluding hydrogens is 324 g/mol. The summed E-state index contributed by atoms with van der Waals surface area (Å²) in [4.78, 5) is 8.58. The molecule has 1 unspecified atom stereocenters. The van der Waals surface area contributed by atoms with Gasteiger partial charge in [-0.05, 0) is 37.6 Å². The highest BCUT2D eigenvalue weighted by Gasteiger charge is 2.07. The Hall–Kier alpha value is -2.66. The van der Waals surface area contributed by atoms with E-state index in [-0.39, 0.29) is 0 Å². The van der Waals surface area contributed by atoms with Crippen LogP contribution >= 0.6 is 0 Å². The third-order valence-electron chi connectivity index (χ3n) is 4.31. The molecule has 2 aromatic heterocycles. The predicted octanol–water partition coefficient (Wildman–Crippen LogP) is 3.59. The van der Waals surface area contributed by atoms with Crippen LogP contribution in [-0.2, 0) is 19.7 Å². The normalized spacial score (nSPS) is 12.1. The minimum Gasteiger partial charge on any atom is -0.487 e. The summed E-state index contributed by atoms with van der Waals surface area (Å²) >= 11 is 0. The zero-order valence-corrected chi connectivity index (χ0v) is 15.4. The Labute approximate surface area is 155 Å². The molecule has 0 spiro atoms. The first-order chi connectivity index (χ1) is 12.7. The maximum absolute atomic E-state index is 5.97. The summed E-state index contributed by atoms with van der Waals surface area (Å²) < 4.78 is 8.16. The third-order valence-corrected chi connectivity index (χ3v) is 4.31.